The summed E-state index contributed by atoms with van der Waals surface area (Å²) in [5.74, 6) is 0.572. The first-order chi connectivity index (χ1) is 8.60. The molecule has 0 fully saturated rings. The number of hydrogen-bond donors (Lipinski definition) is 1. The van der Waals surface area contributed by atoms with E-state index in [1.807, 2.05) is 20.3 Å². The number of rotatable bonds is 5. The van der Waals surface area contributed by atoms with E-state index in [2.05, 4.69) is 52.5 Å². The predicted octanol–water partition coefficient (Wildman–Crippen LogP) is 1.58. The van der Waals surface area contributed by atoms with Crippen LogP contribution in [-0.2, 0) is 13.6 Å². The molecule has 1 atom stereocenters. The minimum Gasteiger partial charge on any atom is -0.348 e. The van der Waals surface area contributed by atoms with E-state index in [1.54, 1.807) is 4.68 Å². The maximum absolute atomic E-state index is 4.10. The molecule has 0 amide bonds. The molecule has 2 aromatic heterocycles. The van der Waals surface area contributed by atoms with Crippen molar-refractivity contribution in [3.63, 3.8) is 0 Å². The third-order valence-corrected chi connectivity index (χ3v) is 3.10. The molecule has 2 rings (SSSR count). The van der Waals surface area contributed by atoms with Gasteiger partial charge in [-0.1, -0.05) is 19.1 Å². The third-order valence-electron chi connectivity index (χ3n) is 3.10. The summed E-state index contributed by atoms with van der Waals surface area (Å²) in [4.78, 5) is 0. The fraction of sp³-hybridized carbons (Fsp3) is 0.538. The van der Waals surface area contributed by atoms with Gasteiger partial charge in [0.15, 0.2) is 0 Å². The summed E-state index contributed by atoms with van der Waals surface area (Å²) in [6.07, 6.45) is 6.21. The molecule has 5 heteroatoms. The zero-order valence-corrected chi connectivity index (χ0v) is 11.5. The van der Waals surface area contributed by atoms with Crippen LogP contribution in [0.3, 0.4) is 0 Å². The summed E-state index contributed by atoms with van der Waals surface area (Å²) in [7, 11) is 3.89. The van der Waals surface area contributed by atoms with Crippen LogP contribution in [0.15, 0.2) is 24.7 Å². The molecule has 0 radical (unpaired) electrons. The molecule has 0 spiro atoms. The number of nitrogens with zero attached hydrogens (tertiary/aromatic N) is 4. The Balaban J connectivity index is 2.10. The first-order valence-electron chi connectivity index (χ1n) is 6.28. The number of aryl methyl sites for hydroxylation is 1. The van der Waals surface area contributed by atoms with Crippen molar-refractivity contribution in [2.24, 2.45) is 13.0 Å². The van der Waals surface area contributed by atoms with Crippen LogP contribution in [0.1, 0.15) is 31.1 Å². The fourth-order valence-electron chi connectivity index (χ4n) is 2.28. The van der Waals surface area contributed by atoms with Crippen LogP contribution in [0, 0.1) is 5.92 Å². The van der Waals surface area contributed by atoms with Crippen LogP contribution in [0.5, 0.6) is 0 Å². The van der Waals surface area contributed by atoms with E-state index < -0.39 is 0 Å². The topological polar surface area (TPSA) is 47.7 Å². The Kier molecular flexibility index (Phi) is 3.81. The smallest absolute Gasteiger partial charge is 0.102 e. The molecule has 1 N–H and O–H groups in total. The molecule has 18 heavy (non-hydrogen) atoms. The molecular weight excluding hydrogens is 226 g/mol. The monoisotopic (exact) mass is 247 g/mol. The fourth-order valence-corrected chi connectivity index (χ4v) is 2.28. The molecule has 0 saturated heterocycles. The van der Waals surface area contributed by atoms with Gasteiger partial charge in [0, 0.05) is 31.7 Å². The Hall–Kier alpha value is -1.62. The van der Waals surface area contributed by atoms with Crippen LogP contribution in [0.25, 0.3) is 0 Å². The maximum atomic E-state index is 4.10. The summed E-state index contributed by atoms with van der Waals surface area (Å²) in [5, 5.41) is 11.4. The lowest BCUT2D eigenvalue weighted by atomic mass is 9.99. The van der Waals surface area contributed by atoms with E-state index in [0.29, 0.717) is 12.0 Å². The van der Waals surface area contributed by atoms with Crippen molar-refractivity contribution in [1.82, 2.24) is 24.9 Å². The van der Waals surface area contributed by atoms with E-state index in [-0.39, 0.29) is 0 Å². The second-order valence-corrected chi connectivity index (χ2v) is 5.01. The third kappa shape index (κ3) is 2.79. The van der Waals surface area contributed by atoms with E-state index >= 15 is 0 Å². The highest BCUT2D eigenvalue weighted by Crippen LogP contribution is 2.21. The standard InChI is InChI=1S/C13H21N5/c1-10(2)13(14-3)11-5-6-18(7-11)9-12-8-17(4)16-15-12/h5-8,10,13-14H,9H2,1-4H3. The largest absolute Gasteiger partial charge is 0.348 e. The molecule has 0 aromatic carbocycles. The lowest BCUT2D eigenvalue weighted by Gasteiger charge is -2.18. The van der Waals surface area contributed by atoms with Crippen molar-refractivity contribution in [3.8, 4) is 0 Å². The van der Waals surface area contributed by atoms with Gasteiger partial charge in [0.05, 0.1) is 6.54 Å². The van der Waals surface area contributed by atoms with Crippen LogP contribution >= 0.6 is 0 Å². The summed E-state index contributed by atoms with van der Waals surface area (Å²) in [6, 6.07) is 2.56. The molecule has 0 aliphatic carbocycles. The van der Waals surface area contributed by atoms with Crippen molar-refractivity contribution in [2.75, 3.05) is 7.05 Å². The summed E-state index contributed by atoms with van der Waals surface area (Å²) in [6.45, 7) is 5.21. The molecule has 98 valence electrons. The van der Waals surface area contributed by atoms with Gasteiger partial charge in [-0.2, -0.15) is 0 Å². The van der Waals surface area contributed by atoms with E-state index in [4.69, 9.17) is 0 Å². The highest BCUT2D eigenvalue weighted by molar-refractivity contribution is 5.17. The lowest BCUT2D eigenvalue weighted by molar-refractivity contribution is 0.442. The van der Waals surface area contributed by atoms with Crippen molar-refractivity contribution in [3.05, 3.63) is 35.9 Å². The van der Waals surface area contributed by atoms with Gasteiger partial charge >= 0.3 is 0 Å². The van der Waals surface area contributed by atoms with Gasteiger partial charge < -0.3 is 9.88 Å². The maximum Gasteiger partial charge on any atom is 0.102 e. The normalized spacial score (nSPS) is 13.2. The lowest BCUT2D eigenvalue weighted by Crippen LogP contribution is -2.21. The quantitative estimate of drug-likeness (QED) is 0.872. The van der Waals surface area contributed by atoms with Gasteiger partial charge in [-0.15, -0.1) is 5.10 Å². The highest BCUT2D eigenvalue weighted by atomic mass is 15.4. The van der Waals surface area contributed by atoms with Gasteiger partial charge in [0.1, 0.15) is 5.69 Å². The first-order valence-corrected chi connectivity index (χ1v) is 6.28. The molecule has 5 nitrogen and oxygen atoms in total. The van der Waals surface area contributed by atoms with Crippen molar-refractivity contribution in [2.45, 2.75) is 26.4 Å². The Bertz CT molecular complexity index is 497. The molecule has 0 aliphatic rings. The number of aromatic nitrogens is 4. The predicted molar refractivity (Wildman–Crippen MR) is 71.2 cm³/mol. The second-order valence-electron chi connectivity index (χ2n) is 5.01. The molecule has 2 heterocycles. The van der Waals surface area contributed by atoms with Gasteiger partial charge in [-0.25, -0.2) is 0 Å². The summed E-state index contributed by atoms with van der Waals surface area (Å²) >= 11 is 0. The molecule has 2 aromatic rings. The average molecular weight is 247 g/mol. The van der Waals surface area contributed by atoms with Gasteiger partial charge in [0.25, 0.3) is 0 Å². The molecule has 1 unspecified atom stereocenters. The average Bonchev–Trinajstić information content (AvgIpc) is 2.90. The van der Waals surface area contributed by atoms with Crippen molar-refractivity contribution < 1.29 is 0 Å². The van der Waals surface area contributed by atoms with E-state index in [0.717, 1.165) is 12.2 Å². The number of nitrogens with one attached hydrogen (secondary N) is 1. The van der Waals surface area contributed by atoms with Crippen LogP contribution in [0.2, 0.25) is 0 Å². The minimum absolute atomic E-state index is 0.396. The van der Waals surface area contributed by atoms with E-state index in [1.165, 1.54) is 5.56 Å². The van der Waals surface area contributed by atoms with Gasteiger partial charge in [0.2, 0.25) is 0 Å². The van der Waals surface area contributed by atoms with Crippen LogP contribution in [-0.4, -0.2) is 26.6 Å². The van der Waals surface area contributed by atoms with E-state index in [9.17, 15) is 0 Å². The SMILES string of the molecule is CNC(c1ccn(Cc2cn(C)nn2)c1)C(C)C. The second kappa shape index (κ2) is 5.35. The van der Waals surface area contributed by atoms with Gasteiger partial charge in [-0.3, -0.25) is 4.68 Å². The molecule has 0 aliphatic heterocycles. The Morgan fingerprint density at radius 2 is 2.11 bits per heavy atom. The van der Waals surface area contributed by atoms with Crippen LogP contribution < -0.4 is 5.32 Å². The minimum atomic E-state index is 0.396. The highest BCUT2D eigenvalue weighted by Gasteiger charge is 2.14. The van der Waals surface area contributed by atoms with Crippen LogP contribution in [0.4, 0.5) is 0 Å². The Morgan fingerprint density at radius 1 is 1.33 bits per heavy atom. The Morgan fingerprint density at radius 3 is 2.67 bits per heavy atom. The first kappa shape index (κ1) is 12.8. The van der Waals surface area contributed by atoms with Crippen molar-refractivity contribution >= 4 is 0 Å². The number of hydrogen-bond acceptors (Lipinski definition) is 3. The molecular formula is C13H21N5. The molecule has 0 bridgehead atoms. The Labute approximate surface area is 108 Å². The zero-order valence-electron chi connectivity index (χ0n) is 11.5. The van der Waals surface area contributed by atoms with Crippen molar-refractivity contribution in [1.29, 1.82) is 0 Å². The molecule has 0 saturated carbocycles. The summed E-state index contributed by atoms with van der Waals surface area (Å²) in [5.41, 5.74) is 2.29. The van der Waals surface area contributed by atoms with Gasteiger partial charge in [-0.05, 0) is 24.6 Å². The zero-order chi connectivity index (χ0) is 13.1. The summed E-state index contributed by atoms with van der Waals surface area (Å²) < 4.78 is 3.87.